The van der Waals surface area contributed by atoms with Crippen LogP contribution in [0.3, 0.4) is 0 Å². The van der Waals surface area contributed by atoms with Gasteiger partial charge in [-0.1, -0.05) is 24.0 Å². The van der Waals surface area contributed by atoms with Crippen LogP contribution in [0.1, 0.15) is 24.0 Å². The number of benzene rings is 1. The Balaban J connectivity index is 2.22. The molecule has 2 rings (SSSR count). The van der Waals surface area contributed by atoms with E-state index >= 15 is 0 Å². The average Bonchev–Trinajstić information content (AvgIpc) is 3.08. The summed E-state index contributed by atoms with van der Waals surface area (Å²) in [6.07, 6.45) is 1.97. The van der Waals surface area contributed by atoms with Crippen molar-refractivity contribution in [1.82, 2.24) is 0 Å². The Morgan fingerprint density at radius 3 is 2.40 bits per heavy atom. The van der Waals surface area contributed by atoms with Crippen molar-refractivity contribution in [1.29, 1.82) is 5.26 Å². The lowest BCUT2D eigenvalue weighted by molar-refractivity contribution is 0.908. The zero-order chi connectivity index (χ0) is 10.7. The first-order valence-electron chi connectivity index (χ1n) is 5.01. The molecule has 0 spiro atoms. The number of hydrogen-bond acceptors (Lipinski definition) is 2. The summed E-state index contributed by atoms with van der Waals surface area (Å²) in [6, 6.07) is 10.3. The minimum atomic E-state index is -0.195. The van der Waals surface area contributed by atoms with Crippen molar-refractivity contribution in [3.63, 3.8) is 0 Å². The van der Waals surface area contributed by atoms with Crippen LogP contribution in [0.4, 0.5) is 0 Å². The van der Waals surface area contributed by atoms with Crippen molar-refractivity contribution in [3.8, 4) is 17.9 Å². The van der Waals surface area contributed by atoms with Gasteiger partial charge in [0.2, 0.25) is 0 Å². The summed E-state index contributed by atoms with van der Waals surface area (Å²) in [5, 5.41) is 9.03. The molecule has 0 radical (unpaired) electrons. The SMILES string of the molecule is N#CC1(c2ccc(C#CCN)cc2)CC1. The standard InChI is InChI=1S/C13H12N2/c14-9-1-2-11-3-5-12(6-4-11)13(10-15)7-8-13/h3-6H,7-9,14H2. The summed E-state index contributed by atoms with van der Waals surface area (Å²) in [5.41, 5.74) is 7.17. The lowest BCUT2D eigenvalue weighted by atomic mass is 9.97. The van der Waals surface area contributed by atoms with Gasteiger partial charge in [-0.2, -0.15) is 5.26 Å². The minimum absolute atomic E-state index is 0.195. The molecule has 2 nitrogen and oxygen atoms in total. The second kappa shape index (κ2) is 3.77. The Kier molecular flexibility index (Phi) is 2.46. The second-order valence-electron chi connectivity index (χ2n) is 3.78. The van der Waals surface area contributed by atoms with E-state index in [-0.39, 0.29) is 5.41 Å². The van der Waals surface area contributed by atoms with Crippen LogP contribution in [0, 0.1) is 23.2 Å². The van der Waals surface area contributed by atoms with Crippen LogP contribution in [-0.2, 0) is 5.41 Å². The lowest BCUT2D eigenvalue weighted by Gasteiger charge is -2.04. The molecule has 0 aliphatic heterocycles. The maximum Gasteiger partial charge on any atom is 0.0823 e. The molecule has 0 aromatic heterocycles. The van der Waals surface area contributed by atoms with Gasteiger partial charge in [0.1, 0.15) is 0 Å². The van der Waals surface area contributed by atoms with Crippen LogP contribution in [0.15, 0.2) is 24.3 Å². The molecule has 0 saturated heterocycles. The molecule has 15 heavy (non-hydrogen) atoms. The first-order valence-corrected chi connectivity index (χ1v) is 5.01. The Hall–Kier alpha value is -1.77. The molecule has 0 amide bonds. The van der Waals surface area contributed by atoms with Crippen LogP contribution in [0.25, 0.3) is 0 Å². The highest BCUT2D eigenvalue weighted by molar-refractivity contribution is 5.43. The topological polar surface area (TPSA) is 49.8 Å². The minimum Gasteiger partial charge on any atom is -0.320 e. The highest BCUT2D eigenvalue weighted by Gasteiger charge is 2.44. The largest absolute Gasteiger partial charge is 0.320 e. The van der Waals surface area contributed by atoms with Crippen LogP contribution < -0.4 is 5.73 Å². The molecule has 1 fully saturated rings. The molecule has 2 N–H and O–H groups in total. The maximum absolute atomic E-state index is 9.03. The fraction of sp³-hybridized carbons (Fsp3) is 0.308. The summed E-state index contributed by atoms with van der Waals surface area (Å²) in [4.78, 5) is 0. The van der Waals surface area contributed by atoms with Crippen molar-refractivity contribution >= 4 is 0 Å². The molecule has 1 saturated carbocycles. The molecule has 0 heterocycles. The monoisotopic (exact) mass is 196 g/mol. The number of nitrogens with zero attached hydrogens (tertiary/aromatic N) is 1. The number of nitrogens with two attached hydrogens (primary N) is 1. The number of nitriles is 1. The van der Waals surface area contributed by atoms with Gasteiger partial charge in [-0.25, -0.2) is 0 Å². The van der Waals surface area contributed by atoms with E-state index in [2.05, 4.69) is 17.9 Å². The number of hydrogen-bond donors (Lipinski definition) is 1. The van der Waals surface area contributed by atoms with E-state index in [9.17, 15) is 0 Å². The lowest BCUT2D eigenvalue weighted by Crippen LogP contribution is -2.01. The van der Waals surface area contributed by atoms with E-state index in [0.717, 1.165) is 24.0 Å². The predicted molar refractivity (Wildman–Crippen MR) is 58.9 cm³/mol. The molecule has 1 aromatic rings. The van der Waals surface area contributed by atoms with Crippen molar-refractivity contribution in [3.05, 3.63) is 35.4 Å². The van der Waals surface area contributed by atoms with E-state index < -0.39 is 0 Å². The summed E-state index contributed by atoms with van der Waals surface area (Å²) in [6.45, 7) is 0.379. The van der Waals surface area contributed by atoms with Crippen LogP contribution >= 0.6 is 0 Å². The summed E-state index contributed by atoms with van der Waals surface area (Å²) < 4.78 is 0. The highest BCUT2D eigenvalue weighted by atomic mass is 14.5. The third kappa shape index (κ3) is 1.86. The normalized spacial score (nSPS) is 16.0. The van der Waals surface area contributed by atoms with Gasteiger partial charge < -0.3 is 5.73 Å². The van der Waals surface area contributed by atoms with E-state index in [1.807, 2.05) is 24.3 Å². The third-order valence-electron chi connectivity index (χ3n) is 2.74. The molecule has 1 aliphatic carbocycles. The van der Waals surface area contributed by atoms with E-state index in [1.165, 1.54) is 0 Å². The van der Waals surface area contributed by atoms with E-state index in [0.29, 0.717) is 6.54 Å². The second-order valence-corrected chi connectivity index (χ2v) is 3.78. The van der Waals surface area contributed by atoms with Gasteiger partial charge in [0, 0.05) is 5.56 Å². The Morgan fingerprint density at radius 2 is 1.93 bits per heavy atom. The van der Waals surface area contributed by atoms with Gasteiger partial charge in [-0.05, 0) is 30.5 Å². The quantitative estimate of drug-likeness (QED) is 0.693. The maximum atomic E-state index is 9.03. The molecular weight excluding hydrogens is 184 g/mol. The zero-order valence-electron chi connectivity index (χ0n) is 8.46. The van der Waals surface area contributed by atoms with Crippen molar-refractivity contribution in [2.24, 2.45) is 5.73 Å². The molecule has 0 bridgehead atoms. The summed E-state index contributed by atoms with van der Waals surface area (Å²) in [7, 11) is 0. The first-order chi connectivity index (χ1) is 7.30. The van der Waals surface area contributed by atoms with Gasteiger partial charge >= 0.3 is 0 Å². The van der Waals surface area contributed by atoms with Gasteiger partial charge in [0.05, 0.1) is 18.0 Å². The predicted octanol–water partition coefficient (Wildman–Crippen LogP) is 1.55. The van der Waals surface area contributed by atoms with Crippen molar-refractivity contribution < 1.29 is 0 Å². The fourth-order valence-electron chi connectivity index (χ4n) is 1.62. The van der Waals surface area contributed by atoms with Gasteiger partial charge in [-0.15, -0.1) is 0 Å². The van der Waals surface area contributed by atoms with E-state index in [1.54, 1.807) is 0 Å². The van der Waals surface area contributed by atoms with Gasteiger partial charge in [-0.3, -0.25) is 0 Å². The Morgan fingerprint density at radius 1 is 1.27 bits per heavy atom. The summed E-state index contributed by atoms with van der Waals surface area (Å²) in [5.74, 6) is 5.77. The van der Waals surface area contributed by atoms with Crippen LogP contribution in [0.2, 0.25) is 0 Å². The van der Waals surface area contributed by atoms with Gasteiger partial charge in [0.15, 0.2) is 0 Å². The van der Waals surface area contributed by atoms with Crippen molar-refractivity contribution in [2.75, 3.05) is 6.54 Å². The Bertz CT molecular complexity index is 450. The smallest absolute Gasteiger partial charge is 0.0823 e. The molecule has 0 unspecified atom stereocenters. The molecule has 1 aromatic carbocycles. The summed E-state index contributed by atoms with van der Waals surface area (Å²) >= 11 is 0. The number of rotatable bonds is 1. The van der Waals surface area contributed by atoms with Crippen LogP contribution in [-0.4, -0.2) is 6.54 Å². The van der Waals surface area contributed by atoms with Crippen molar-refractivity contribution in [2.45, 2.75) is 18.3 Å². The molecule has 0 atom stereocenters. The van der Waals surface area contributed by atoms with Gasteiger partial charge in [0.25, 0.3) is 0 Å². The molecular formula is C13H12N2. The zero-order valence-corrected chi connectivity index (χ0v) is 8.46. The van der Waals surface area contributed by atoms with E-state index in [4.69, 9.17) is 11.0 Å². The molecule has 2 heteroatoms. The van der Waals surface area contributed by atoms with Crippen LogP contribution in [0.5, 0.6) is 0 Å². The molecule has 74 valence electrons. The fourth-order valence-corrected chi connectivity index (χ4v) is 1.62. The average molecular weight is 196 g/mol. The third-order valence-corrected chi connectivity index (χ3v) is 2.74. The highest BCUT2D eigenvalue weighted by Crippen LogP contribution is 2.47. The molecule has 1 aliphatic rings. The first kappa shape index (κ1) is 9.77. The Labute approximate surface area is 89.7 Å².